The topological polar surface area (TPSA) is 142 Å². The summed E-state index contributed by atoms with van der Waals surface area (Å²) in [7, 11) is 0. The molecule has 0 aromatic heterocycles. The average Bonchev–Trinajstić information content (AvgIpc) is 2.61. The maximum absolute atomic E-state index is 12.0. The molecule has 0 spiro atoms. The van der Waals surface area contributed by atoms with E-state index in [1.165, 1.54) is 0 Å². The van der Waals surface area contributed by atoms with Crippen LogP contribution in [-0.2, 0) is 9.59 Å². The lowest BCUT2D eigenvalue weighted by molar-refractivity contribution is -0.134. The molecule has 1 aromatic rings. The van der Waals surface area contributed by atoms with E-state index in [0.29, 0.717) is 54.2 Å². The molecule has 0 radical (unpaired) electrons. The van der Waals surface area contributed by atoms with Gasteiger partial charge in [-0.25, -0.2) is 14.4 Å². The van der Waals surface area contributed by atoms with Gasteiger partial charge < -0.3 is 30.9 Å². The number of ether oxygens (including phenoxy) is 1. The zero-order valence-electron chi connectivity index (χ0n) is 16.1. The Labute approximate surface area is 179 Å². The Morgan fingerprint density at radius 1 is 1.14 bits per heavy atom. The van der Waals surface area contributed by atoms with E-state index in [-0.39, 0.29) is 12.1 Å². The van der Waals surface area contributed by atoms with Crippen LogP contribution in [0.2, 0.25) is 10.0 Å². The van der Waals surface area contributed by atoms with Crippen LogP contribution in [-0.4, -0.2) is 65.4 Å². The fraction of sp³-hybridized carbons (Fsp3) is 0.389. The van der Waals surface area contributed by atoms with E-state index < -0.39 is 11.9 Å². The normalized spacial score (nSPS) is 10.3. The first-order chi connectivity index (χ1) is 13.6. The number of nitrogens with two attached hydrogens (primary N) is 1. The molecule has 0 aliphatic heterocycles. The lowest BCUT2D eigenvalue weighted by atomic mass is 10.3. The molecule has 0 aliphatic rings. The van der Waals surface area contributed by atoms with Crippen LogP contribution in [0.3, 0.4) is 0 Å². The van der Waals surface area contributed by atoms with Crippen LogP contribution in [0, 0.1) is 0 Å². The van der Waals surface area contributed by atoms with Crippen molar-refractivity contribution in [2.45, 2.75) is 19.9 Å². The molecule has 0 unspecified atom stereocenters. The maximum atomic E-state index is 12.0. The van der Waals surface area contributed by atoms with Crippen molar-refractivity contribution >= 4 is 41.2 Å². The second-order valence-corrected chi connectivity index (χ2v) is 6.64. The lowest BCUT2D eigenvalue weighted by Gasteiger charge is -2.26. The van der Waals surface area contributed by atoms with Gasteiger partial charge in [-0.05, 0) is 32.0 Å². The number of urea groups is 1. The van der Waals surface area contributed by atoms with Crippen LogP contribution in [0.4, 0.5) is 4.79 Å². The molecule has 0 heterocycles. The maximum Gasteiger partial charge on any atom is 0.328 e. The Morgan fingerprint density at radius 3 is 2.07 bits per heavy atom. The molecule has 29 heavy (non-hydrogen) atoms. The molecule has 1 aromatic carbocycles. The number of halogens is 2. The molecule has 1 rings (SSSR count). The molecule has 9 nitrogen and oxygen atoms in total. The molecule has 0 fully saturated rings. The van der Waals surface area contributed by atoms with E-state index in [1.54, 1.807) is 23.1 Å². The Bertz CT molecular complexity index is 677. The number of aliphatic carboxylic acids is 2. The summed E-state index contributed by atoms with van der Waals surface area (Å²) < 4.78 is 5.59. The highest BCUT2D eigenvalue weighted by Gasteiger charge is 2.16. The summed E-state index contributed by atoms with van der Waals surface area (Å²) in [6.45, 7) is 5.56. The van der Waals surface area contributed by atoms with Crippen molar-refractivity contribution < 1.29 is 29.3 Å². The number of benzene rings is 1. The van der Waals surface area contributed by atoms with E-state index in [9.17, 15) is 14.4 Å². The summed E-state index contributed by atoms with van der Waals surface area (Å²) in [5.74, 6) is -1.93. The van der Waals surface area contributed by atoms with Gasteiger partial charge in [-0.3, -0.25) is 0 Å². The van der Waals surface area contributed by atoms with Gasteiger partial charge in [0.1, 0.15) is 12.4 Å². The first-order valence-electron chi connectivity index (χ1n) is 8.54. The lowest BCUT2D eigenvalue weighted by Crippen LogP contribution is -2.47. The molecule has 0 bridgehead atoms. The van der Waals surface area contributed by atoms with Gasteiger partial charge in [0.25, 0.3) is 0 Å². The van der Waals surface area contributed by atoms with Gasteiger partial charge in [0.05, 0.1) is 6.54 Å². The van der Waals surface area contributed by atoms with Crippen LogP contribution < -0.4 is 15.8 Å². The Balaban J connectivity index is 0.000000828. The molecule has 0 aliphatic carbocycles. The minimum atomic E-state index is -1.26. The minimum absolute atomic E-state index is 0.0642. The summed E-state index contributed by atoms with van der Waals surface area (Å²) in [5, 5.41) is 19.4. The first-order valence-corrected chi connectivity index (χ1v) is 9.29. The monoisotopic (exact) mass is 449 g/mol. The predicted molar refractivity (Wildman–Crippen MR) is 111 cm³/mol. The van der Waals surface area contributed by atoms with Gasteiger partial charge in [0.2, 0.25) is 0 Å². The first kappa shape index (κ1) is 26.5. The molecule has 2 amide bonds. The Hall–Kier alpha value is -2.49. The van der Waals surface area contributed by atoms with Crippen molar-refractivity contribution in [1.29, 1.82) is 0 Å². The smallest absolute Gasteiger partial charge is 0.328 e. The van der Waals surface area contributed by atoms with Crippen molar-refractivity contribution in [3.63, 3.8) is 0 Å². The van der Waals surface area contributed by atoms with E-state index >= 15 is 0 Å². The van der Waals surface area contributed by atoms with Gasteiger partial charge >= 0.3 is 18.0 Å². The number of hydrogen-bond donors (Lipinski definition) is 4. The molecule has 11 heteroatoms. The highest BCUT2D eigenvalue weighted by Crippen LogP contribution is 2.24. The van der Waals surface area contributed by atoms with Gasteiger partial charge in [0, 0.05) is 41.3 Å². The number of carboxylic acids is 2. The zero-order valence-corrected chi connectivity index (χ0v) is 17.6. The Kier molecular flexibility index (Phi) is 13.3. The van der Waals surface area contributed by atoms with Crippen LogP contribution in [0.25, 0.3) is 0 Å². The van der Waals surface area contributed by atoms with Crippen molar-refractivity contribution in [2.75, 3.05) is 26.2 Å². The van der Waals surface area contributed by atoms with Gasteiger partial charge in [0.15, 0.2) is 0 Å². The van der Waals surface area contributed by atoms with Gasteiger partial charge in [-0.2, -0.15) is 0 Å². The summed E-state index contributed by atoms with van der Waals surface area (Å²) in [4.78, 5) is 32.7. The molecule has 5 N–H and O–H groups in total. The van der Waals surface area contributed by atoms with Crippen molar-refractivity contribution in [3.05, 3.63) is 40.4 Å². The highest BCUT2D eigenvalue weighted by atomic mass is 35.5. The number of rotatable bonds is 9. The molecular formula is C18H25Cl2N3O6. The van der Waals surface area contributed by atoms with Crippen molar-refractivity contribution in [1.82, 2.24) is 10.2 Å². The number of carbonyl (C=O) groups is 3. The zero-order chi connectivity index (χ0) is 22.4. The van der Waals surface area contributed by atoms with E-state index in [4.69, 9.17) is 43.9 Å². The molecule has 0 saturated heterocycles. The third kappa shape index (κ3) is 13.3. The second kappa shape index (κ2) is 14.5. The number of nitrogens with zero attached hydrogens (tertiary/aromatic N) is 1. The van der Waals surface area contributed by atoms with E-state index in [1.807, 2.05) is 13.8 Å². The summed E-state index contributed by atoms with van der Waals surface area (Å²) in [5.41, 5.74) is 5.37. The number of hydrogen-bond acceptors (Lipinski definition) is 5. The third-order valence-electron chi connectivity index (χ3n) is 3.11. The molecule has 0 saturated carbocycles. The third-order valence-corrected chi connectivity index (χ3v) is 3.55. The standard InChI is InChI=1S/C14H21Cl2N3O2.C4H4O4/c1-10(2)19(14(20)18-4-3-17)5-6-21-13-8-11(15)7-12(16)9-13;5-3(6)1-2-4(7)8/h7-10H,3-6,17H2,1-2H3,(H,18,20);1-2H,(H,5,6)(H,7,8)/b;2-1-. The highest BCUT2D eigenvalue weighted by molar-refractivity contribution is 6.34. The van der Waals surface area contributed by atoms with Gasteiger partial charge in [-0.1, -0.05) is 23.2 Å². The largest absolute Gasteiger partial charge is 0.492 e. The van der Waals surface area contributed by atoms with E-state index in [0.717, 1.165) is 0 Å². The number of carbonyl (C=O) groups excluding carboxylic acids is 1. The molecule has 162 valence electrons. The summed E-state index contributed by atoms with van der Waals surface area (Å²) in [6, 6.07) is 4.91. The number of carboxylic acid groups (broad SMARTS) is 2. The minimum Gasteiger partial charge on any atom is -0.492 e. The SMILES string of the molecule is CC(C)N(CCOc1cc(Cl)cc(Cl)c1)C(=O)NCCN.O=C(O)/C=C\C(=O)O. The van der Waals surface area contributed by atoms with E-state index in [2.05, 4.69) is 5.32 Å². The molecule has 0 atom stereocenters. The summed E-state index contributed by atoms with van der Waals surface area (Å²) in [6.07, 6.45) is 1.12. The number of nitrogens with one attached hydrogen (secondary N) is 1. The molecular weight excluding hydrogens is 425 g/mol. The quantitative estimate of drug-likeness (QED) is 0.424. The number of amides is 2. The summed E-state index contributed by atoms with van der Waals surface area (Å²) >= 11 is 11.8. The van der Waals surface area contributed by atoms with Crippen LogP contribution in [0.15, 0.2) is 30.4 Å². The van der Waals surface area contributed by atoms with Crippen molar-refractivity contribution in [2.24, 2.45) is 5.73 Å². The van der Waals surface area contributed by atoms with Crippen LogP contribution >= 0.6 is 23.2 Å². The van der Waals surface area contributed by atoms with Crippen LogP contribution in [0.1, 0.15) is 13.8 Å². The van der Waals surface area contributed by atoms with Gasteiger partial charge in [-0.15, -0.1) is 0 Å². The predicted octanol–water partition coefficient (Wildman–Crippen LogP) is 2.46. The fourth-order valence-electron chi connectivity index (χ4n) is 1.89. The average molecular weight is 450 g/mol. The van der Waals surface area contributed by atoms with Crippen molar-refractivity contribution in [3.8, 4) is 5.75 Å². The Morgan fingerprint density at radius 2 is 1.66 bits per heavy atom. The second-order valence-electron chi connectivity index (χ2n) is 5.77. The van der Waals surface area contributed by atoms with Crippen LogP contribution in [0.5, 0.6) is 5.75 Å². The fourth-order valence-corrected chi connectivity index (χ4v) is 2.40.